The summed E-state index contributed by atoms with van der Waals surface area (Å²) in [5, 5.41) is 12.3. The summed E-state index contributed by atoms with van der Waals surface area (Å²) >= 11 is 0. The molecule has 21 heavy (non-hydrogen) atoms. The van der Waals surface area contributed by atoms with Gasteiger partial charge in [0.2, 0.25) is 5.91 Å². The van der Waals surface area contributed by atoms with Crippen molar-refractivity contribution in [3.8, 4) is 0 Å². The molecule has 4 heteroatoms. The van der Waals surface area contributed by atoms with Gasteiger partial charge in [-0.1, -0.05) is 17.7 Å². The number of piperidine rings is 1. The van der Waals surface area contributed by atoms with E-state index in [-0.39, 0.29) is 12.5 Å². The monoisotopic (exact) mass is 290 g/mol. The Hall–Kier alpha value is -1.39. The fraction of sp³-hybridized carbons (Fsp3) is 0.588. The molecule has 1 aromatic carbocycles. The van der Waals surface area contributed by atoms with Crippen LogP contribution in [0.15, 0.2) is 12.1 Å². The average Bonchev–Trinajstić information content (AvgIpc) is 2.43. The summed E-state index contributed by atoms with van der Waals surface area (Å²) in [5.41, 5.74) is 4.35. The van der Waals surface area contributed by atoms with Crippen LogP contribution in [0.5, 0.6) is 0 Å². The first-order valence-electron chi connectivity index (χ1n) is 7.70. The van der Waals surface area contributed by atoms with Crippen LogP contribution in [0.25, 0.3) is 0 Å². The van der Waals surface area contributed by atoms with Crippen LogP contribution in [0.1, 0.15) is 29.5 Å². The summed E-state index contributed by atoms with van der Waals surface area (Å²) in [6.07, 6.45) is 2.12. The number of carbonyl (C=O) groups excluding carboxylic acids is 1. The Morgan fingerprint density at radius 3 is 2.62 bits per heavy atom. The van der Waals surface area contributed by atoms with Gasteiger partial charge in [0.25, 0.3) is 0 Å². The molecule has 0 aliphatic carbocycles. The molecule has 1 heterocycles. The number of aliphatic hydroxyl groups is 1. The summed E-state index contributed by atoms with van der Waals surface area (Å²) in [4.78, 5) is 14.4. The lowest BCUT2D eigenvalue weighted by Crippen LogP contribution is -2.41. The first-order valence-corrected chi connectivity index (χ1v) is 7.70. The summed E-state index contributed by atoms with van der Waals surface area (Å²) < 4.78 is 0. The third kappa shape index (κ3) is 4.29. The van der Waals surface area contributed by atoms with E-state index in [0.29, 0.717) is 12.5 Å². The summed E-state index contributed by atoms with van der Waals surface area (Å²) in [6.45, 7) is 8.49. The van der Waals surface area contributed by atoms with Crippen molar-refractivity contribution in [2.75, 3.05) is 31.6 Å². The van der Waals surface area contributed by atoms with Gasteiger partial charge < -0.3 is 10.4 Å². The molecule has 0 bridgehead atoms. The van der Waals surface area contributed by atoms with Gasteiger partial charge in [0.15, 0.2) is 0 Å². The van der Waals surface area contributed by atoms with Gasteiger partial charge in [-0.05, 0) is 57.2 Å². The molecule has 1 fully saturated rings. The van der Waals surface area contributed by atoms with E-state index in [4.69, 9.17) is 0 Å². The Morgan fingerprint density at radius 1 is 1.33 bits per heavy atom. The fourth-order valence-corrected chi connectivity index (χ4v) is 3.20. The molecule has 1 amide bonds. The minimum Gasteiger partial charge on any atom is -0.396 e. The number of nitrogens with one attached hydrogen (secondary N) is 1. The minimum atomic E-state index is 0.0312. The van der Waals surface area contributed by atoms with Crippen LogP contribution < -0.4 is 5.32 Å². The quantitative estimate of drug-likeness (QED) is 0.894. The Balaban J connectivity index is 1.96. The number of amides is 1. The van der Waals surface area contributed by atoms with E-state index in [1.807, 2.05) is 13.8 Å². The molecule has 1 aliphatic rings. The van der Waals surface area contributed by atoms with E-state index in [0.717, 1.165) is 42.7 Å². The maximum Gasteiger partial charge on any atom is 0.238 e. The number of rotatable bonds is 4. The second kappa shape index (κ2) is 7.05. The van der Waals surface area contributed by atoms with E-state index in [1.54, 1.807) is 0 Å². The topological polar surface area (TPSA) is 52.6 Å². The van der Waals surface area contributed by atoms with Gasteiger partial charge in [0.1, 0.15) is 0 Å². The van der Waals surface area contributed by atoms with Crippen LogP contribution in [0, 0.1) is 26.7 Å². The zero-order chi connectivity index (χ0) is 15.4. The van der Waals surface area contributed by atoms with Crippen LogP contribution in [0.4, 0.5) is 5.69 Å². The fourth-order valence-electron chi connectivity index (χ4n) is 3.20. The molecule has 0 radical (unpaired) electrons. The van der Waals surface area contributed by atoms with Crippen LogP contribution in [-0.2, 0) is 4.79 Å². The van der Waals surface area contributed by atoms with E-state index >= 15 is 0 Å². The average molecular weight is 290 g/mol. The van der Waals surface area contributed by atoms with Crippen molar-refractivity contribution >= 4 is 11.6 Å². The lowest BCUT2D eigenvalue weighted by molar-refractivity contribution is -0.117. The summed E-state index contributed by atoms with van der Waals surface area (Å²) in [7, 11) is 0. The Kier molecular flexibility index (Phi) is 5.37. The predicted octanol–water partition coefficient (Wildman–Crippen LogP) is 2.25. The number of anilines is 1. The highest BCUT2D eigenvalue weighted by atomic mass is 16.3. The number of carbonyl (C=O) groups is 1. The zero-order valence-corrected chi connectivity index (χ0v) is 13.3. The van der Waals surface area contributed by atoms with Gasteiger partial charge in [-0.3, -0.25) is 9.69 Å². The standard InChI is InChI=1S/C17H26N2O2/c1-12-7-13(2)17(14(3)8-12)18-16(21)10-19-6-4-5-15(9-19)11-20/h7-8,15,20H,4-6,9-11H2,1-3H3,(H,18,21). The van der Waals surface area contributed by atoms with E-state index < -0.39 is 0 Å². The van der Waals surface area contributed by atoms with E-state index in [2.05, 4.69) is 29.3 Å². The van der Waals surface area contributed by atoms with Crippen molar-refractivity contribution in [3.63, 3.8) is 0 Å². The number of likely N-dealkylation sites (tertiary alicyclic amines) is 1. The number of hydrogen-bond acceptors (Lipinski definition) is 3. The first-order chi connectivity index (χ1) is 9.99. The molecule has 2 N–H and O–H groups in total. The van der Waals surface area contributed by atoms with Crippen LogP contribution in [0.2, 0.25) is 0 Å². The molecular formula is C17H26N2O2. The minimum absolute atomic E-state index is 0.0312. The maximum absolute atomic E-state index is 12.2. The number of aliphatic hydroxyl groups excluding tert-OH is 1. The maximum atomic E-state index is 12.2. The lowest BCUT2D eigenvalue weighted by Gasteiger charge is -2.31. The van der Waals surface area contributed by atoms with Crippen molar-refractivity contribution in [1.82, 2.24) is 4.90 Å². The first kappa shape index (κ1) is 16.0. The molecule has 0 aromatic heterocycles. The Bertz CT molecular complexity index is 491. The van der Waals surface area contributed by atoms with Crippen LogP contribution >= 0.6 is 0 Å². The van der Waals surface area contributed by atoms with Crippen molar-refractivity contribution in [1.29, 1.82) is 0 Å². The summed E-state index contributed by atoms with van der Waals surface area (Å²) in [6, 6.07) is 4.18. The van der Waals surface area contributed by atoms with Gasteiger partial charge in [0.05, 0.1) is 6.54 Å². The van der Waals surface area contributed by atoms with Gasteiger partial charge in [-0.25, -0.2) is 0 Å². The Labute approximate surface area is 127 Å². The largest absolute Gasteiger partial charge is 0.396 e. The molecule has 4 nitrogen and oxygen atoms in total. The third-order valence-corrected chi connectivity index (χ3v) is 4.17. The lowest BCUT2D eigenvalue weighted by atomic mass is 9.99. The SMILES string of the molecule is Cc1cc(C)c(NC(=O)CN2CCCC(CO)C2)c(C)c1. The van der Waals surface area contributed by atoms with E-state index in [9.17, 15) is 9.90 Å². The molecule has 1 unspecified atom stereocenters. The highest BCUT2D eigenvalue weighted by molar-refractivity contribution is 5.93. The molecule has 1 aromatic rings. The number of aryl methyl sites for hydroxylation is 3. The normalized spacial score (nSPS) is 19.5. The third-order valence-electron chi connectivity index (χ3n) is 4.17. The highest BCUT2D eigenvalue weighted by Gasteiger charge is 2.21. The van der Waals surface area contributed by atoms with Gasteiger partial charge in [-0.2, -0.15) is 0 Å². The molecule has 0 saturated carbocycles. The second-order valence-electron chi connectivity index (χ2n) is 6.25. The second-order valence-corrected chi connectivity index (χ2v) is 6.25. The van der Waals surface area contributed by atoms with Crippen molar-refractivity contribution in [2.24, 2.45) is 5.92 Å². The predicted molar refractivity (Wildman–Crippen MR) is 85.5 cm³/mol. The van der Waals surface area contributed by atoms with Crippen LogP contribution in [-0.4, -0.2) is 42.2 Å². The smallest absolute Gasteiger partial charge is 0.238 e. The van der Waals surface area contributed by atoms with E-state index in [1.165, 1.54) is 5.56 Å². The number of nitrogens with zero attached hydrogens (tertiary/aromatic N) is 1. The number of benzene rings is 1. The van der Waals surface area contributed by atoms with Crippen molar-refractivity contribution in [2.45, 2.75) is 33.6 Å². The molecule has 0 spiro atoms. The molecule has 1 saturated heterocycles. The molecular weight excluding hydrogens is 264 g/mol. The van der Waals surface area contributed by atoms with Gasteiger partial charge in [0, 0.05) is 18.8 Å². The summed E-state index contributed by atoms with van der Waals surface area (Å²) in [5.74, 6) is 0.345. The molecule has 1 atom stereocenters. The number of hydrogen-bond donors (Lipinski definition) is 2. The molecule has 1 aliphatic heterocycles. The van der Waals surface area contributed by atoms with Crippen molar-refractivity contribution < 1.29 is 9.90 Å². The van der Waals surface area contributed by atoms with Crippen LogP contribution in [0.3, 0.4) is 0 Å². The Morgan fingerprint density at radius 2 is 2.00 bits per heavy atom. The van der Waals surface area contributed by atoms with Crippen molar-refractivity contribution in [3.05, 3.63) is 28.8 Å². The van der Waals surface area contributed by atoms with Gasteiger partial charge in [-0.15, -0.1) is 0 Å². The van der Waals surface area contributed by atoms with Gasteiger partial charge >= 0.3 is 0 Å². The highest BCUT2D eigenvalue weighted by Crippen LogP contribution is 2.22. The molecule has 116 valence electrons. The molecule has 2 rings (SSSR count). The zero-order valence-electron chi connectivity index (χ0n) is 13.3.